The van der Waals surface area contributed by atoms with Gasteiger partial charge in [-0.25, -0.2) is 0 Å². The molecule has 1 heterocycles. The molecule has 1 aliphatic heterocycles. The normalized spacial score (nSPS) is 16.6. The fourth-order valence-electron chi connectivity index (χ4n) is 3.01. The first-order chi connectivity index (χ1) is 11.6. The van der Waals surface area contributed by atoms with Crippen LogP contribution in [0.4, 0.5) is 0 Å². The zero-order chi connectivity index (χ0) is 17.4. The summed E-state index contributed by atoms with van der Waals surface area (Å²) in [5, 5.41) is 11.9. The van der Waals surface area contributed by atoms with Crippen molar-refractivity contribution < 1.29 is 9.53 Å². The molecule has 5 heteroatoms. The van der Waals surface area contributed by atoms with Crippen LogP contribution in [0.1, 0.15) is 31.4 Å². The van der Waals surface area contributed by atoms with Gasteiger partial charge >= 0.3 is 0 Å². The number of nitriles is 1. The maximum absolute atomic E-state index is 12.1. The summed E-state index contributed by atoms with van der Waals surface area (Å²) in [7, 11) is 0. The quantitative estimate of drug-likeness (QED) is 0.830. The third kappa shape index (κ3) is 5.63. The summed E-state index contributed by atoms with van der Waals surface area (Å²) in [4.78, 5) is 14.6. The lowest BCUT2D eigenvalue weighted by Gasteiger charge is -2.36. The van der Waals surface area contributed by atoms with Gasteiger partial charge in [0.1, 0.15) is 0 Å². The van der Waals surface area contributed by atoms with Crippen LogP contribution in [0.25, 0.3) is 0 Å². The van der Waals surface area contributed by atoms with Crippen LogP contribution in [-0.4, -0.2) is 49.7 Å². The second-order valence-corrected chi connectivity index (χ2v) is 6.57. The fourth-order valence-corrected chi connectivity index (χ4v) is 3.01. The number of nitrogens with one attached hydrogen (secondary N) is 1. The average Bonchev–Trinajstić information content (AvgIpc) is 2.61. The highest BCUT2D eigenvalue weighted by Gasteiger charge is 2.24. The molecule has 1 amide bonds. The Balaban J connectivity index is 1.76. The van der Waals surface area contributed by atoms with E-state index in [1.165, 1.54) is 0 Å². The smallest absolute Gasteiger partial charge is 0.220 e. The van der Waals surface area contributed by atoms with Crippen molar-refractivity contribution in [2.45, 2.75) is 32.7 Å². The standard InChI is InChI=1S/C19H27N3O2/c1-15(2)18(22-9-11-24-12-10-22)14-21-19(23)8-7-16-3-5-17(13-20)6-4-16/h3-6,15,18H,7-12,14H2,1-2H3,(H,21,23). The van der Waals surface area contributed by atoms with Crippen molar-refractivity contribution in [1.82, 2.24) is 10.2 Å². The number of hydrogen-bond acceptors (Lipinski definition) is 4. The Morgan fingerprint density at radius 2 is 1.96 bits per heavy atom. The molecule has 1 atom stereocenters. The number of benzene rings is 1. The van der Waals surface area contributed by atoms with Crippen LogP contribution in [0.2, 0.25) is 0 Å². The Labute approximate surface area is 144 Å². The van der Waals surface area contributed by atoms with Gasteiger partial charge in [0.15, 0.2) is 0 Å². The molecule has 1 N–H and O–H groups in total. The van der Waals surface area contributed by atoms with Crippen LogP contribution < -0.4 is 5.32 Å². The first kappa shape index (κ1) is 18.4. The van der Waals surface area contributed by atoms with Crippen molar-refractivity contribution in [3.8, 4) is 6.07 Å². The van der Waals surface area contributed by atoms with Crippen molar-refractivity contribution in [1.29, 1.82) is 5.26 Å². The van der Waals surface area contributed by atoms with Crippen molar-refractivity contribution in [3.05, 3.63) is 35.4 Å². The van der Waals surface area contributed by atoms with Gasteiger partial charge in [-0.15, -0.1) is 0 Å². The zero-order valence-corrected chi connectivity index (χ0v) is 14.6. The van der Waals surface area contributed by atoms with Gasteiger partial charge in [-0.05, 0) is 30.0 Å². The third-order valence-electron chi connectivity index (χ3n) is 4.52. The average molecular weight is 329 g/mol. The van der Waals surface area contributed by atoms with Gasteiger partial charge in [0.05, 0.1) is 24.8 Å². The predicted octanol–water partition coefficient (Wildman–Crippen LogP) is 1.96. The van der Waals surface area contributed by atoms with Gasteiger partial charge in [0, 0.05) is 32.1 Å². The number of carbonyl (C=O) groups is 1. The van der Waals surface area contributed by atoms with Crippen LogP contribution in [0, 0.1) is 17.2 Å². The van der Waals surface area contributed by atoms with Gasteiger partial charge in [-0.3, -0.25) is 9.69 Å². The number of carbonyl (C=O) groups excluding carboxylic acids is 1. The van der Waals surface area contributed by atoms with Gasteiger partial charge in [0.2, 0.25) is 5.91 Å². The number of hydrogen-bond donors (Lipinski definition) is 1. The fraction of sp³-hybridized carbons (Fsp3) is 0.579. The Morgan fingerprint density at radius 3 is 2.54 bits per heavy atom. The summed E-state index contributed by atoms with van der Waals surface area (Å²) in [6, 6.07) is 9.87. The molecule has 1 saturated heterocycles. The lowest BCUT2D eigenvalue weighted by atomic mass is 10.0. The van der Waals surface area contributed by atoms with Crippen molar-refractivity contribution in [2.75, 3.05) is 32.8 Å². The summed E-state index contributed by atoms with van der Waals surface area (Å²) < 4.78 is 5.41. The van der Waals surface area contributed by atoms with E-state index >= 15 is 0 Å². The van der Waals surface area contributed by atoms with E-state index in [0.717, 1.165) is 31.9 Å². The Morgan fingerprint density at radius 1 is 1.29 bits per heavy atom. The summed E-state index contributed by atoms with van der Waals surface area (Å²) in [5.41, 5.74) is 1.73. The van der Waals surface area contributed by atoms with Gasteiger partial charge < -0.3 is 10.1 Å². The molecule has 5 nitrogen and oxygen atoms in total. The molecular formula is C19H27N3O2. The predicted molar refractivity (Wildman–Crippen MR) is 93.5 cm³/mol. The van der Waals surface area contributed by atoms with Crippen LogP contribution in [-0.2, 0) is 16.0 Å². The molecule has 1 unspecified atom stereocenters. The van der Waals surface area contributed by atoms with Gasteiger partial charge in [0.25, 0.3) is 0 Å². The van der Waals surface area contributed by atoms with E-state index in [9.17, 15) is 4.79 Å². The molecule has 0 saturated carbocycles. The topological polar surface area (TPSA) is 65.4 Å². The second kappa shape index (κ2) is 9.41. The summed E-state index contributed by atoms with van der Waals surface area (Å²) in [5.74, 6) is 0.570. The molecule has 0 aliphatic carbocycles. The molecule has 0 aromatic heterocycles. The third-order valence-corrected chi connectivity index (χ3v) is 4.52. The molecule has 2 rings (SSSR count). The first-order valence-corrected chi connectivity index (χ1v) is 8.67. The number of nitrogens with zero attached hydrogens (tertiary/aromatic N) is 2. The molecule has 0 spiro atoms. The van der Waals surface area contributed by atoms with Crippen molar-refractivity contribution in [2.24, 2.45) is 5.92 Å². The SMILES string of the molecule is CC(C)C(CNC(=O)CCc1ccc(C#N)cc1)N1CCOCC1. The maximum atomic E-state index is 12.1. The van der Waals surface area contributed by atoms with E-state index in [1.807, 2.05) is 12.1 Å². The Bertz CT molecular complexity index is 557. The minimum atomic E-state index is 0.0817. The van der Waals surface area contributed by atoms with Gasteiger partial charge in [-0.1, -0.05) is 26.0 Å². The van der Waals surface area contributed by atoms with E-state index < -0.39 is 0 Å². The lowest BCUT2D eigenvalue weighted by Crippen LogP contribution is -2.51. The first-order valence-electron chi connectivity index (χ1n) is 8.67. The Kier molecular flexibility index (Phi) is 7.23. The highest BCUT2D eigenvalue weighted by Crippen LogP contribution is 2.12. The summed E-state index contributed by atoms with van der Waals surface area (Å²) in [6.45, 7) is 8.50. The van der Waals surface area contributed by atoms with Crippen LogP contribution in [0.3, 0.4) is 0 Å². The largest absolute Gasteiger partial charge is 0.379 e. The second-order valence-electron chi connectivity index (χ2n) is 6.57. The number of amides is 1. The molecule has 130 valence electrons. The van der Waals surface area contributed by atoms with Gasteiger partial charge in [-0.2, -0.15) is 5.26 Å². The van der Waals surface area contributed by atoms with Crippen molar-refractivity contribution >= 4 is 5.91 Å². The van der Waals surface area contributed by atoms with Crippen LogP contribution in [0.5, 0.6) is 0 Å². The van der Waals surface area contributed by atoms with Crippen molar-refractivity contribution in [3.63, 3.8) is 0 Å². The number of aryl methyl sites for hydroxylation is 1. The minimum absolute atomic E-state index is 0.0817. The number of ether oxygens (including phenoxy) is 1. The molecule has 0 bridgehead atoms. The number of rotatable bonds is 7. The van der Waals surface area contributed by atoms with Crippen LogP contribution >= 0.6 is 0 Å². The van der Waals surface area contributed by atoms with E-state index in [0.29, 0.717) is 36.9 Å². The summed E-state index contributed by atoms with van der Waals surface area (Å²) >= 11 is 0. The molecule has 24 heavy (non-hydrogen) atoms. The minimum Gasteiger partial charge on any atom is -0.379 e. The molecule has 1 aliphatic rings. The molecule has 1 fully saturated rings. The van der Waals surface area contributed by atoms with E-state index in [-0.39, 0.29) is 5.91 Å². The van der Waals surface area contributed by atoms with E-state index in [1.54, 1.807) is 12.1 Å². The molecule has 1 aromatic carbocycles. The molecule has 0 radical (unpaired) electrons. The monoisotopic (exact) mass is 329 g/mol. The number of morpholine rings is 1. The summed E-state index contributed by atoms with van der Waals surface area (Å²) in [6.07, 6.45) is 1.17. The Hall–Kier alpha value is -1.90. The van der Waals surface area contributed by atoms with Crippen LogP contribution in [0.15, 0.2) is 24.3 Å². The van der Waals surface area contributed by atoms with E-state index in [4.69, 9.17) is 10.00 Å². The molecular weight excluding hydrogens is 302 g/mol. The maximum Gasteiger partial charge on any atom is 0.220 e. The highest BCUT2D eigenvalue weighted by atomic mass is 16.5. The van der Waals surface area contributed by atoms with E-state index in [2.05, 4.69) is 30.1 Å². The molecule has 1 aromatic rings. The lowest BCUT2D eigenvalue weighted by molar-refractivity contribution is -0.121. The highest BCUT2D eigenvalue weighted by molar-refractivity contribution is 5.76. The zero-order valence-electron chi connectivity index (χ0n) is 14.6.